The molecule has 136 valence electrons. The van der Waals surface area contributed by atoms with Crippen LogP contribution in [0.2, 0.25) is 0 Å². The minimum absolute atomic E-state index is 0.270. The first kappa shape index (κ1) is 19.0. The third-order valence-corrected chi connectivity index (χ3v) is 3.69. The predicted octanol–water partition coefficient (Wildman–Crippen LogP) is 3.77. The van der Waals surface area contributed by atoms with E-state index >= 15 is 0 Å². The number of nitrogens with zero attached hydrogens (tertiary/aromatic N) is 2. The summed E-state index contributed by atoms with van der Waals surface area (Å²) in [7, 11) is 0. The highest BCUT2D eigenvalue weighted by Crippen LogP contribution is 2.18. The molecule has 2 aromatic rings. The zero-order valence-electron chi connectivity index (χ0n) is 15.0. The zero-order valence-corrected chi connectivity index (χ0v) is 15.0. The Labute approximate surface area is 148 Å². The lowest BCUT2D eigenvalue weighted by molar-refractivity contribution is 0.571. The van der Waals surface area contributed by atoms with E-state index in [9.17, 15) is 4.39 Å². The van der Waals surface area contributed by atoms with E-state index in [1.807, 2.05) is 0 Å². The molecule has 0 radical (unpaired) electrons. The number of oxazole rings is 1. The molecule has 0 saturated carbocycles. The van der Waals surface area contributed by atoms with Gasteiger partial charge < -0.3 is 15.1 Å². The van der Waals surface area contributed by atoms with Crippen molar-refractivity contribution < 1.29 is 8.81 Å². The van der Waals surface area contributed by atoms with E-state index in [1.54, 1.807) is 18.4 Å². The standard InChI is InChI=1S/C19H27FN4O/c1-3-5-6-12-22-19(21-4-2)23-13-11-17-14-25-18(24-17)15-7-9-16(20)10-8-15/h7-10,14H,3-6,11-13H2,1-2H3,(H2,21,22,23). The summed E-state index contributed by atoms with van der Waals surface area (Å²) in [5.74, 6) is 1.07. The van der Waals surface area contributed by atoms with Gasteiger partial charge >= 0.3 is 0 Å². The van der Waals surface area contributed by atoms with Crippen molar-refractivity contribution in [2.45, 2.75) is 39.5 Å². The first-order chi connectivity index (χ1) is 12.2. The number of unbranched alkanes of at least 4 members (excludes halogenated alkanes) is 2. The van der Waals surface area contributed by atoms with Crippen LogP contribution in [-0.2, 0) is 6.42 Å². The number of halogens is 1. The van der Waals surface area contributed by atoms with Crippen molar-refractivity contribution in [2.24, 2.45) is 4.99 Å². The molecule has 0 amide bonds. The van der Waals surface area contributed by atoms with Gasteiger partial charge in [0.05, 0.1) is 5.69 Å². The van der Waals surface area contributed by atoms with Crippen LogP contribution in [-0.4, -0.2) is 30.6 Å². The maximum Gasteiger partial charge on any atom is 0.226 e. The van der Waals surface area contributed by atoms with Gasteiger partial charge in [0.15, 0.2) is 5.96 Å². The van der Waals surface area contributed by atoms with Gasteiger partial charge in [-0.2, -0.15) is 0 Å². The molecular formula is C19H27FN4O. The van der Waals surface area contributed by atoms with Gasteiger partial charge in [-0.15, -0.1) is 0 Å². The van der Waals surface area contributed by atoms with Crippen LogP contribution in [0.1, 0.15) is 38.8 Å². The van der Waals surface area contributed by atoms with Crippen LogP contribution >= 0.6 is 0 Å². The number of guanidine groups is 1. The Bertz CT molecular complexity index is 652. The second-order valence-corrected chi connectivity index (χ2v) is 5.80. The topological polar surface area (TPSA) is 62.5 Å². The Balaban J connectivity index is 1.82. The second-order valence-electron chi connectivity index (χ2n) is 5.80. The molecular weight excluding hydrogens is 319 g/mol. The molecule has 0 saturated heterocycles. The smallest absolute Gasteiger partial charge is 0.226 e. The van der Waals surface area contributed by atoms with E-state index in [4.69, 9.17) is 4.42 Å². The van der Waals surface area contributed by atoms with E-state index in [0.717, 1.165) is 49.7 Å². The highest BCUT2D eigenvalue weighted by molar-refractivity contribution is 5.79. The molecule has 0 aliphatic rings. The molecule has 6 heteroatoms. The summed E-state index contributed by atoms with van der Waals surface area (Å²) in [5.41, 5.74) is 1.63. The van der Waals surface area contributed by atoms with Crippen molar-refractivity contribution in [1.29, 1.82) is 0 Å². The molecule has 0 unspecified atom stereocenters. The van der Waals surface area contributed by atoms with Crippen LogP contribution in [0.15, 0.2) is 39.9 Å². The summed E-state index contributed by atoms with van der Waals surface area (Å²) < 4.78 is 18.4. The van der Waals surface area contributed by atoms with Crippen molar-refractivity contribution in [2.75, 3.05) is 19.6 Å². The van der Waals surface area contributed by atoms with Crippen LogP contribution in [0.25, 0.3) is 11.5 Å². The van der Waals surface area contributed by atoms with E-state index < -0.39 is 0 Å². The van der Waals surface area contributed by atoms with Crippen LogP contribution in [0.3, 0.4) is 0 Å². The lowest BCUT2D eigenvalue weighted by Crippen LogP contribution is -2.38. The summed E-state index contributed by atoms with van der Waals surface area (Å²) in [6, 6.07) is 6.13. The molecule has 0 aliphatic heterocycles. The van der Waals surface area contributed by atoms with Gasteiger partial charge in [-0.25, -0.2) is 9.37 Å². The highest BCUT2D eigenvalue weighted by Gasteiger charge is 2.07. The van der Waals surface area contributed by atoms with Gasteiger partial charge in [0.2, 0.25) is 5.89 Å². The first-order valence-corrected chi connectivity index (χ1v) is 8.95. The van der Waals surface area contributed by atoms with Gasteiger partial charge in [-0.05, 0) is 37.6 Å². The number of hydrogen-bond donors (Lipinski definition) is 2. The van der Waals surface area contributed by atoms with Gasteiger partial charge in [0.25, 0.3) is 0 Å². The van der Waals surface area contributed by atoms with E-state index in [2.05, 4.69) is 34.5 Å². The monoisotopic (exact) mass is 346 g/mol. The molecule has 0 bridgehead atoms. The fourth-order valence-corrected chi connectivity index (χ4v) is 2.35. The number of aromatic nitrogens is 1. The van der Waals surface area contributed by atoms with Gasteiger partial charge in [0.1, 0.15) is 12.1 Å². The fourth-order valence-electron chi connectivity index (χ4n) is 2.35. The SMILES string of the molecule is CCCCCN=C(NCC)NCCc1coc(-c2ccc(F)cc2)n1. The molecule has 1 heterocycles. The normalized spacial score (nSPS) is 11.6. The van der Waals surface area contributed by atoms with E-state index in [1.165, 1.54) is 25.0 Å². The van der Waals surface area contributed by atoms with Crippen LogP contribution in [0, 0.1) is 5.82 Å². The van der Waals surface area contributed by atoms with Crippen LogP contribution < -0.4 is 10.6 Å². The summed E-state index contributed by atoms with van der Waals surface area (Å²) in [6.07, 6.45) is 5.88. The number of benzene rings is 1. The average molecular weight is 346 g/mol. The maximum absolute atomic E-state index is 13.0. The van der Waals surface area contributed by atoms with Crippen LogP contribution in [0.5, 0.6) is 0 Å². The molecule has 0 atom stereocenters. The summed E-state index contributed by atoms with van der Waals surface area (Å²) in [6.45, 7) is 6.62. The quantitative estimate of drug-likeness (QED) is 0.412. The van der Waals surface area contributed by atoms with Gasteiger partial charge in [-0.1, -0.05) is 19.8 Å². The lowest BCUT2D eigenvalue weighted by atomic mass is 10.2. The van der Waals surface area contributed by atoms with E-state index in [-0.39, 0.29) is 5.82 Å². The Morgan fingerprint density at radius 2 is 1.96 bits per heavy atom. The molecule has 1 aromatic carbocycles. The largest absolute Gasteiger partial charge is 0.444 e. The molecule has 25 heavy (non-hydrogen) atoms. The molecule has 1 aromatic heterocycles. The van der Waals surface area contributed by atoms with Crippen LogP contribution in [0.4, 0.5) is 4.39 Å². The fraction of sp³-hybridized carbons (Fsp3) is 0.474. The minimum atomic E-state index is -0.270. The minimum Gasteiger partial charge on any atom is -0.444 e. The summed E-state index contributed by atoms with van der Waals surface area (Å²) in [5, 5.41) is 6.55. The Hall–Kier alpha value is -2.37. The first-order valence-electron chi connectivity index (χ1n) is 8.95. The molecule has 0 aliphatic carbocycles. The molecule has 0 spiro atoms. The highest BCUT2D eigenvalue weighted by atomic mass is 19.1. The van der Waals surface area contributed by atoms with E-state index in [0.29, 0.717) is 5.89 Å². The molecule has 5 nitrogen and oxygen atoms in total. The molecule has 2 rings (SSSR count). The Morgan fingerprint density at radius 1 is 1.16 bits per heavy atom. The van der Waals surface area contributed by atoms with Crippen molar-refractivity contribution in [1.82, 2.24) is 15.6 Å². The van der Waals surface area contributed by atoms with Crippen molar-refractivity contribution >= 4 is 5.96 Å². The maximum atomic E-state index is 13.0. The number of rotatable bonds is 9. The number of aliphatic imine (C=N–C) groups is 1. The van der Waals surface area contributed by atoms with Crippen molar-refractivity contribution in [3.8, 4) is 11.5 Å². The third-order valence-electron chi connectivity index (χ3n) is 3.69. The molecule has 0 fully saturated rings. The third kappa shape index (κ3) is 6.57. The van der Waals surface area contributed by atoms with Gasteiger partial charge in [-0.3, -0.25) is 4.99 Å². The summed E-state index contributed by atoms with van der Waals surface area (Å²) in [4.78, 5) is 9.01. The van der Waals surface area contributed by atoms with Crippen molar-refractivity contribution in [3.63, 3.8) is 0 Å². The predicted molar refractivity (Wildman–Crippen MR) is 99.1 cm³/mol. The zero-order chi connectivity index (χ0) is 17.9. The summed E-state index contributed by atoms with van der Waals surface area (Å²) >= 11 is 0. The van der Waals surface area contributed by atoms with Crippen molar-refractivity contribution in [3.05, 3.63) is 42.0 Å². The lowest BCUT2D eigenvalue weighted by Gasteiger charge is -2.10. The average Bonchev–Trinajstić information content (AvgIpc) is 3.08. The Morgan fingerprint density at radius 3 is 2.68 bits per heavy atom. The van der Waals surface area contributed by atoms with Gasteiger partial charge in [0, 0.05) is 31.6 Å². The second kappa shape index (κ2) is 10.5. The molecule has 2 N–H and O–H groups in total. The number of nitrogens with one attached hydrogen (secondary N) is 2. The Kier molecular flexibility index (Phi) is 7.95. The number of hydrogen-bond acceptors (Lipinski definition) is 3.